The van der Waals surface area contributed by atoms with Gasteiger partial charge in [-0.3, -0.25) is 4.84 Å². The minimum Gasteiger partial charge on any atom is -0.474 e. The van der Waals surface area contributed by atoms with E-state index >= 15 is 0 Å². The van der Waals surface area contributed by atoms with Gasteiger partial charge in [0.2, 0.25) is 5.88 Å². The van der Waals surface area contributed by atoms with E-state index in [9.17, 15) is 4.39 Å². The summed E-state index contributed by atoms with van der Waals surface area (Å²) in [6.45, 7) is 3.66. The molecule has 3 heterocycles. The molecule has 32 heavy (non-hydrogen) atoms. The summed E-state index contributed by atoms with van der Waals surface area (Å²) < 4.78 is 19.7. The summed E-state index contributed by atoms with van der Waals surface area (Å²) in [5.74, 6) is 0.566. The Hall–Kier alpha value is -2.45. The molecule has 2 aromatic heterocycles. The van der Waals surface area contributed by atoms with Gasteiger partial charge in [0.1, 0.15) is 23.8 Å². The molecule has 168 valence electrons. The number of aromatic nitrogens is 2. The van der Waals surface area contributed by atoms with Gasteiger partial charge in [0.25, 0.3) is 0 Å². The third kappa shape index (κ3) is 5.48. The van der Waals surface area contributed by atoms with Crippen molar-refractivity contribution in [1.82, 2.24) is 15.3 Å². The summed E-state index contributed by atoms with van der Waals surface area (Å²) in [5.41, 5.74) is 4.96. The van der Waals surface area contributed by atoms with Crippen molar-refractivity contribution >= 4 is 29.0 Å². The Labute approximate surface area is 196 Å². The number of nitrogens with one attached hydrogen (secondary N) is 2. The predicted molar refractivity (Wildman–Crippen MR) is 124 cm³/mol. The van der Waals surface area contributed by atoms with Crippen LogP contribution in [0.25, 0.3) is 11.1 Å². The summed E-state index contributed by atoms with van der Waals surface area (Å²) in [7, 11) is 0. The van der Waals surface area contributed by atoms with Crippen molar-refractivity contribution in [2.75, 3.05) is 18.6 Å². The minimum atomic E-state index is -0.594. The molecule has 1 atom stereocenters. The van der Waals surface area contributed by atoms with E-state index in [4.69, 9.17) is 32.8 Å². The highest BCUT2D eigenvalue weighted by molar-refractivity contribution is 6.36. The third-order valence-corrected chi connectivity index (χ3v) is 5.95. The average Bonchev–Trinajstić information content (AvgIpc) is 2.82. The maximum Gasteiger partial charge on any atom is 0.213 e. The summed E-state index contributed by atoms with van der Waals surface area (Å²) in [6, 6.07) is 10.2. The first-order valence-corrected chi connectivity index (χ1v) is 11.1. The van der Waals surface area contributed by atoms with E-state index in [1.54, 1.807) is 25.4 Å². The van der Waals surface area contributed by atoms with Gasteiger partial charge in [-0.2, -0.15) is 0 Å². The van der Waals surface area contributed by atoms with Gasteiger partial charge in [-0.15, -0.1) is 0 Å². The molecule has 0 bridgehead atoms. The van der Waals surface area contributed by atoms with E-state index in [1.807, 2.05) is 18.2 Å². The number of nitrogens with zero attached hydrogens (tertiary/aromatic N) is 2. The van der Waals surface area contributed by atoms with Crippen molar-refractivity contribution in [3.63, 3.8) is 0 Å². The number of benzene rings is 1. The molecule has 6 nitrogen and oxygen atoms in total. The van der Waals surface area contributed by atoms with Gasteiger partial charge in [-0.05, 0) is 63.2 Å². The van der Waals surface area contributed by atoms with E-state index in [1.165, 1.54) is 12.1 Å². The molecule has 0 amide bonds. The summed E-state index contributed by atoms with van der Waals surface area (Å²) in [6.07, 6.45) is 5.07. The fourth-order valence-corrected chi connectivity index (χ4v) is 4.13. The fourth-order valence-electron chi connectivity index (χ4n) is 3.45. The van der Waals surface area contributed by atoms with Gasteiger partial charge in [0.05, 0.1) is 5.02 Å². The van der Waals surface area contributed by atoms with Crippen LogP contribution in [0.2, 0.25) is 10.0 Å². The van der Waals surface area contributed by atoms with Crippen LogP contribution in [-0.2, 0) is 4.84 Å². The van der Waals surface area contributed by atoms with E-state index in [0.717, 1.165) is 37.1 Å². The largest absolute Gasteiger partial charge is 0.474 e. The first-order chi connectivity index (χ1) is 15.5. The molecule has 2 N–H and O–H groups in total. The number of pyridine rings is 2. The van der Waals surface area contributed by atoms with Crippen LogP contribution in [0.4, 0.5) is 10.2 Å². The molecular weight excluding hydrogens is 454 g/mol. The Balaban J connectivity index is 1.35. The van der Waals surface area contributed by atoms with Crippen molar-refractivity contribution in [2.24, 2.45) is 0 Å². The zero-order chi connectivity index (χ0) is 22.5. The van der Waals surface area contributed by atoms with Crippen LogP contribution in [0.15, 0.2) is 48.8 Å². The molecule has 9 heteroatoms. The zero-order valence-electron chi connectivity index (χ0n) is 17.4. The van der Waals surface area contributed by atoms with E-state index in [2.05, 4.69) is 20.8 Å². The molecule has 0 aliphatic carbocycles. The Kier molecular flexibility index (Phi) is 7.42. The Bertz CT molecular complexity index is 1050. The van der Waals surface area contributed by atoms with Crippen LogP contribution < -0.4 is 15.5 Å². The highest BCUT2D eigenvalue weighted by Gasteiger charge is 2.18. The maximum atomic E-state index is 13.7. The highest BCUT2D eigenvalue weighted by atomic mass is 35.5. The monoisotopic (exact) mass is 476 g/mol. The van der Waals surface area contributed by atoms with Gasteiger partial charge in [0.15, 0.2) is 0 Å². The van der Waals surface area contributed by atoms with Crippen molar-refractivity contribution < 1.29 is 14.0 Å². The van der Waals surface area contributed by atoms with Gasteiger partial charge >= 0.3 is 0 Å². The summed E-state index contributed by atoms with van der Waals surface area (Å²) in [5, 5.41) is 3.59. The molecule has 4 rings (SSSR count). The first kappa shape index (κ1) is 22.7. The average molecular weight is 477 g/mol. The smallest absolute Gasteiger partial charge is 0.213 e. The molecule has 1 saturated heterocycles. The zero-order valence-corrected chi connectivity index (χ0v) is 19.0. The normalized spacial score (nSPS) is 15.4. The number of ether oxygens (including phenoxy) is 1. The maximum absolute atomic E-state index is 13.7. The topological polar surface area (TPSA) is 68.3 Å². The van der Waals surface area contributed by atoms with Crippen molar-refractivity contribution in [2.45, 2.75) is 32.0 Å². The number of rotatable bonds is 7. The molecule has 1 fully saturated rings. The van der Waals surface area contributed by atoms with Crippen LogP contribution in [-0.4, -0.2) is 29.2 Å². The molecule has 0 radical (unpaired) electrons. The van der Waals surface area contributed by atoms with Crippen LogP contribution in [0.5, 0.6) is 5.88 Å². The quantitative estimate of drug-likeness (QED) is 0.330. The van der Waals surface area contributed by atoms with E-state index in [0.29, 0.717) is 22.3 Å². The first-order valence-electron chi connectivity index (χ1n) is 10.4. The van der Waals surface area contributed by atoms with Crippen LogP contribution in [0, 0.1) is 5.82 Å². The highest BCUT2D eigenvalue weighted by Crippen LogP contribution is 2.34. The lowest BCUT2D eigenvalue weighted by Crippen LogP contribution is -2.34. The summed E-state index contributed by atoms with van der Waals surface area (Å²) >= 11 is 12.2. The van der Waals surface area contributed by atoms with Gasteiger partial charge in [-0.1, -0.05) is 23.2 Å². The van der Waals surface area contributed by atoms with Crippen molar-refractivity contribution in [3.05, 3.63) is 70.2 Å². The third-order valence-electron chi connectivity index (χ3n) is 5.23. The predicted octanol–water partition coefficient (Wildman–Crippen LogP) is 5.83. The number of anilines is 1. The fraction of sp³-hybridized carbons (Fsp3) is 0.304. The van der Waals surface area contributed by atoms with Gasteiger partial charge < -0.3 is 10.1 Å². The van der Waals surface area contributed by atoms with Crippen molar-refractivity contribution in [1.29, 1.82) is 0 Å². The van der Waals surface area contributed by atoms with E-state index in [-0.39, 0.29) is 11.1 Å². The number of hydrogen-bond donors (Lipinski definition) is 2. The lowest BCUT2D eigenvalue weighted by Gasteiger charge is -2.23. The number of hydrogen-bond acceptors (Lipinski definition) is 6. The summed E-state index contributed by atoms with van der Waals surface area (Å²) in [4.78, 5) is 14.4. The van der Waals surface area contributed by atoms with E-state index < -0.39 is 11.9 Å². The second-order valence-corrected chi connectivity index (χ2v) is 8.29. The standard InChI is InChI=1S/C23H23Cl2FN4O2/c1-14(22-18(24)4-5-19(26)23(22)25)32-30-20-6-2-15(12-28-20)16-3-7-21(29-13-16)31-17-8-10-27-11-9-17/h2-7,12-14,17,27H,8-11H2,1H3,(H,28,30). The lowest BCUT2D eigenvalue weighted by molar-refractivity contribution is 0.115. The van der Waals surface area contributed by atoms with Gasteiger partial charge in [0, 0.05) is 40.2 Å². The second-order valence-electron chi connectivity index (χ2n) is 7.50. The molecule has 1 aliphatic heterocycles. The Morgan fingerprint density at radius 2 is 1.75 bits per heavy atom. The minimum absolute atomic E-state index is 0.0600. The molecule has 1 aromatic carbocycles. The van der Waals surface area contributed by atoms with Crippen LogP contribution in [0.3, 0.4) is 0 Å². The van der Waals surface area contributed by atoms with Crippen LogP contribution >= 0.6 is 23.2 Å². The van der Waals surface area contributed by atoms with Crippen molar-refractivity contribution in [3.8, 4) is 17.0 Å². The van der Waals surface area contributed by atoms with Crippen LogP contribution in [0.1, 0.15) is 31.4 Å². The lowest BCUT2D eigenvalue weighted by atomic mass is 10.1. The Morgan fingerprint density at radius 1 is 1.03 bits per heavy atom. The Morgan fingerprint density at radius 3 is 2.41 bits per heavy atom. The number of piperidine rings is 1. The second kappa shape index (κ2) is 10.4. The van der Waals surface area contributed by atoms with Gasteiger partial charge in [-0.25, -0.2) is 19.8 Å². The SMILES string of the molecule is CC(ONc1ccc(-c2ccc(OC3CCNCC3)nc2)cn1)c1c(Cl)ccc(F)c1Cl. The molecule has 1 unspecified atom stereocenters. The number of halogens is 3. The molecule has 0 saturated carbocycles. The molecule has 0 spiro atoms. The molecule has 1 aliphatic rings. The molecular formula is C23H23Cl2FN4O2. The molecule has 3 aromatic rings.